The van der Waals surface area contributed by atoms with E-state index in [-0.39, 0.29) is 5.82 Å². The molecule has 0 spiro atoms. The van der Waals surface area contributed by atoms with Gasteiger partial charge in [0.15, 0.2) is 0 Å². The van der Waals surface area contributed by atoms with Crippen LogP contribution in [0.5, 0.6) is 0 Å². The lowest BCUT2D eigenvalue weighted by Crippen LogP contribution is -2.09. The fourth-order valence-corrected chi connectivity index (χ4v) is 4.21. The number of hydrogen-bond donors (Lipinski definition) is 3. The summed E-state index contributed by atoms with van der Waals surface area (Å²) < 4.78 is 13.4. The lowest BCUT2D eigenvalue weighted by atomic mass is 9.95. The number of benzene rings is 2. The molecule has 33 heavy (non-hydrogen) atoms. The van der Waals surface area contributed by atoms with E-state index in [0.717, 1.165) is 55.9 Å². The minimum atomic E-state index is -0.274. The number of nitrogen functional groups attached to an aromatic ring is 1. The lowest BCUT2D eigenvalue weighted by Gasteiger charge is -2.19. The molecular weight excluding hydrogens is 415 g/mol. The van der Waals surface area contributed by atoms with Crippen LogP contribution in [0, 0.1) is 5.82 Å². The van der Waals surface area contributed by atoms with Crippen molar-refractivity contribution in [1.82, 2.24) is 19.9 Å². The summed E-state index contributed by atoms with van der Waals surface area (Å²) in [5.74, 6) is 0.483. The molecule has 7 heteroatoms. The van der Waals surface area contributed by atoms with Crippen LogP contribution in [0.1, 0.15) is 11.4 Å². The number of aromatic nitrogens is 4. The van der Waals surface area contributed by atoms with Crippen LogP contribution in [0.3, 0.4) is 0 Å². The molecule has 0 saturated heterocycles. The van der Waals surface area contributed by atoms with E-state index in [1.165, 1.54) is 12.1 Å². The standard InChI is InChI=1S/C26H19FN6/c27-18-4-1-15(2-5-18)22-13-30-14-24-25(22)33-26(32-24)20-7-8-31-23-6-3-16(10-21(20)23)17-9-19(28)12-29-11-17/h1-7,9-14,31H,8,28H2,(H,32,33). The quantitative estimate of drug-likeness (QED) is 0.360. The average Bonchev–Trinajstić information content (AvgIpc) is 3.28. The summed E-state index contributed by atoms with van der Waals surface area (Å²) >= 11 is 0. The Balaban J connectivity index is 1.46. The number of nitrogens with one attached hydrogen (secondary N) is 2. The van der Waals surface area contributed by atoms with Gasteiger partial charge in [-0.05, 0) is 41.5 Å². The molecule has 1 aliphatic heterocycles. The number of rotatable bonds is 3. The third-order valence-corrected chi connectivity index (χ3v) is 5.81. The SMILES string of the molecule is Nc1cncc(-c2ccc3c(c2)C(c2nc4c(-c5ccc(F)cc5)cncc4[nH]2)=CCN3)c1. The Morgan fingerprint density at radius 2 is 1.64 bits per heavy atom. The Morgan fingerprint density at radius 3 is 2.48 bits per heavy atom. The monoisotopic (exact) mass is 434 g/mol. The molecule has 1 aliphatic rings. The predicted molar refractivity (Wildman–Crippen MR) is 129 cm³/mol. The van der Waals surface area contributed by atoms with Crippen molar-refractivity contribution in [1.29, 1.82) is 0 Å². The maximum Gasteiger partial charge on any atom is 0.138 e. The fraction of sp³-hybridized carbons (Fsp3) is 0.0385. The Labute approximate surface area is 189 Å². The number of aromatic amines is 1. The molecule has 0 amide bonds. The smallest absolute Gasteiger partial charge is 0.138 e. The molecule has 0 bridgehead atoms. The van der Waals surface area contributed by atoms with E-state index in [2.05, 4.69) is 44.5 Å². The first-order valence-corrected chi connectivity index (χ1v) is 10.5. The van der Waals surface area contributed by atoms with Gasteiger partial charge in [0.1, 0.15) is 11.6 Å². The largest absolute Gasteiger partial charge is 0.397 e. The van der Waals surface area contributed by atoms with E-state index in [0.29, 0.717) is 12.2 Å². The maximum atomic E-state index is 13.4. The summed E-state index contributed by atoms with van der Waals surface area (Å²) in [6.07, 6.45) is 9.08. The van der Waals surface area contributed by atoms with Crippen molar-refractivity contribution >= 4 is 28.0 Å². The van der Waals surface area contributed by atoms with Crippen LogP contribution in [-0.4, -0.2) is 26.5 Å². The van der Waals surface area contributed by atoms with E-state index >= 15 is 0 Å². The third-order valence-electron chi connectivity index (χ3n) is 5.81. The fourth-order valence-electron chi connectivity index (χ4n) is 4.21. The number of nitrogens with zero attached hydrogens (tertiary/aromatic N) is 3. The minimum absolute atomic E-state index is 0.274. The Kier molecular flexibility index (Phi) is 4.40. The molecule has 0 radical (unpaired) electrons. The Bertz CT molecular complexity index is 1530. The van der Waals surface area contributed by atoms with Gasteiger partial charge < -0.3 is 16.0 Å². The van der Waals surface area contributed by atoms with Gasteiger partial charge in [-0.2, -0.15) is 0 Å². The number of H-pyrrole nitrogens is 1. The number of halogens is 1. The first-order chi connectivity index (χ1) is 16.2. The second kappa shape index (κ2) is 7.56. The van der Waals surface area contributed by atoms with Gasteiger partial charge in [-0.3, -0.25) is 9.97 Å². The second-order valence-corrected chi connectivity index (χ2v) is 7.94. The van der Waals surface area contributed by atoms with Crippen LogP contribution >= 0.6 is 0 Å². The number of imidazole rings is 1. The zero-order chi connectivity index (χ0) is 22.4. The van der Waals surface area contributed by atoms with Crippen LogP contribution in [0.4, 0.5) is 15.8 Å². The number of fused-ring (bicyclic) bond motifs is 2. The van der Waals surface area contributed by atoms with Crippen LogP contribution in [0.2, 0.25) is 0 Å². The van der Waals surface area contributed by atoms with E-state index < -0.39 is 0 Å². The highest BCUT2D eigenvalue weighted by atomic mass is 19.1. The summed E-state index contributed by atoms with van der Waals surface area (Å²) in [6, 6.07) is 14.5. The van der Waals surface area contributed by atoms with Crippen molar-refractivity contribution in [2.24, 2.45) is 0 Å². The van der Waals surface area contributed by atoms with E-state index in [1.54, 1.807) is 36.9 Å². The zero-order valence-electron chi connectivity index (χ0n) is 17.5. The number of nitrogens with two attached hydrogens (primary N) is 1. The van der Waals surface area contributed by atoms with Crippen molar-refractivity contribution in [2.45, 2.75) is 0 Å². The topological polar surface area (TPSA) is 92.5 Å². The average molecular weight is 434 g/mol. The number of anilines is 2. The highest BCUT2D eigenvalue weighted by Gasteiger charge is 2.19. The van der Waals surface area contributed by atoms with Gasteiger partial charge in [-0.1, -0.05) is 24.3 Å². The van der Waals surface area contributed by atoms with Crippen molar-refractivity contribution in [3.05, 3.63) is 96.6 Å². The molecule has 6 nitrogen and oxygen atoms in total. The summed E-state index contributed by atoms with van der Waals surface area (Å²) in [5.41, 5.74) is 14.9. The van der Waals surface area contributed by atoms with Crippen molar-refractivity contribution < 1.29 is 4.39 Å². The molecule has 0 atom stereocenters. The summed E-state index contributed by atoms with van der Waals surface area (Å²) in [6.45, 7) is 0.696. The van der Waals surface area contributed by atoms with Gasteiger partial charge in [0.05, 0.1) is 22.9 Å². The summed E-state index contributed by atoms with van der Waals surface area (Å²) in [4.78, 5) is 16.9. The molecule has 2 aromatic carbocycles. The third kappa shape index (κ3) is 3.40. The molecule has 6 rings (SSSR count). The molecule has 0 fully saturated rings. The number of hydrogen-bond acceptors (Lipinski definition) is 5. The van der Waals surface area contributed by atoms with E-state index in [1.807, 2.05) is 6.07 Å². The second-order valence-electron chi connectivity index (χ2n) is 7.94. The van der Waals surface area contributed by atoms with Gasteiger partial charge >= 0.3 is 0 Å². The van der Waals surface area contributed by atoms with Crippen molar-refractivity contribution in [3.63, 3.8) is 0 Å². The molecular formula is C26H19FN6. The van der Waals surface area contributed by atoms with E-state index in [4.69, 9.17) is 10.7 Å². The predicted octanol–water partition coefficient (Wildman–Crippen LogP) is 5.27. The van der Waals surface area contributed by atoms with Gasteiger partial charge in [-0.25, -0.2) is 9.37 Å². The summed E-state index contributed by atoms with van der Waals surface area (Å²) in [5, 5.41) is 3.42. The van der Waals surface area contributed by atoms with Gasteiger partial charge in [-0.15, -0.1) is 0 Å². The lowest BCUT2D eigenvalue weighted by molar-refractivity contribution is 0.628. The van der Waals surface area contributed by atoms with Crippen LogP contribution in [0.15, 0.2) is 79.4 Å². The van der Waals surface area contributed by atoms with E-state index in [9.17, 15) is 4.39 Å². The molecule has 160 valence electrons. The van der Waals surface area contributed by atoms with Gasteiger partial charge in [0.2, 0.25) is 0 Å². The molecule has 3 aromatic heterocycles. The van der Waals surface area contributed by atoms with Crippen LogP contribution in [-0.2, 0) is 0 Å². The van der Waals surface area contributed by atoms with Gasteiger partial charge in [0, 0.05) is 53.1 Å². The van der Waals surface area contributed by atoms with Crippen molar-refractivity contribution in [2.75, 3.05) is 17.6 Å². The normalized spacial score (nSPS) is 12.8. The molecule has 0 unspecified atom stereocenters. The Hall–Kier alpha value is -4.52. The minimum Gasteiger partial charge on any atom is -0.397 e. The zero-order valence-corrected chi connectivity index (χ0v) is 17.5. The maximum absolute atomic E-state index is 13.4. The first-order valence-electron chi connectivity index (χ1n) is 10.5. The molecule has 0 aliphatic carbocycles. The first kappa shape index (κ1) is 19.2. The number of pyridine rings is 2. The molecule has 4 heterocycles. The van der Waals surface area contributed by atoms with Crippen LogP contribution in [0.25, 0.3) is 38.9 Å². The summed E-state index contributed by atoms with van der Waals surface area (Å²) in [7, 11) is 0. The molecule has 4 N–H and O–H groups in total. The molecule has 0 saturated carbocycles. The highest BCUT2D eigenvalue weighted by molar-refractivity contribution is 5.95. The highest BCUT2D eigenvalue weighted by Crippen LogP contribution is 2.36. The Morgan fingerprint density at radius 1 is 0.818 bits per heavy atom. The molecule has 5 aromatic rings. The van der Waals surface area contributed by atoms with Gasteiger partial charge in [0.25, 0.3) is 0 Å². The van der Waals surface area contributed by atoms with Crippen molar-refractivity contribution in [3.8, 4) is 22.3 Å². The van der Waals surface area contributed by atoms with Crippen LogP contribution < -0.4 is 11.1 Å².